The molecule has 0 atom stereocenters. The number of benzene rings is 1. The number of thioether (sulfide) groups is 1. The molecule has 8 heteroatoms. The Labute approximate surface area is 135 Å². The van der Waals surface area contributed by atoms with E-state index in [0.29, 0.717) is 21.0 Å². The Hall–Kier alpha value is -0.460. The van der Waals surface area contributed by atoms with Crippen molar-refractivity contribution in [1.29, 1.82) is 0 Å². The molecule has 1 aromatic heterocycles. The van der Waals surface area contributed by atoms with Crippen molar-refractivity contribution in [2.24, 2.45) is 5.73 Å². The van der Waals surface area contributed by atoms with Gasteiger partial charge in [0.05, 0.1) is 15.7 Å². The van der Waals surface area contributed by atoms with Crippen molar-refractivity contribution in [3.8, 4) is 10.6 Å². The molecular formula is C11H11Cl3N3S2+. The van der Waals surface area contributed by atoms with Gasteiger partial charge in [0.15, 0.2) is 0 Å². The molecule has 0 unspecified atom stereocenters. The molecule has 0 aliphatic carbocycles. The Bertz CT molecular complexity index is 586. The Balaban J connectivity index is 0.00000180. The summed E-state index contributed by atoms with van der Waals surface area (Å²) < 4.78 is 0. The number of hydrogen-bond acceptors (Lipinski definition) is 3. The van der Waals surface area contributed by atoms with Crippen LogP contribution >= 0.6 is 58.7 Å². The molecule has 0 amide bonds. The first-order chi connectivity index (χ1) is 8.56. The van der Waals surface area contributed by atoms with Gasteiger partial charge in [0, 0.05) is 16.7 Å². The number of nitrogens with two attached hydrogens (primary N) is 2. The highest BCUT2D eigenvalue weighted by Gasteiger charge is 2.08. The quantitative estimate of drug-likeness (QED) is 0.657. The van der Waals surface area contributed by atoms with Gasteiger partial charge in [-0.2, -0.15) is 0 Å². The SMILES string of the molecule is Cl.NC(=[NH2+])SCc1csc(-c2ccc(Cl)c(Cl)c2)n1. The number of halogens is 3. The predicted molar refractivity (Wildman–Crippen MR) is 87.2 cm³/mol. The summed E-state index contributed by atoms with van der Waals surface area (Å²) in [6.07, 6.45) is 0. The number of aromatic nitrogens is 1. The summed E-state index contributed by atoms with van der Waals surface area (Å²) >= 11 is 14.8. The molecule has 0 aliphatic heterocycles. The zero-order valence-electron chi connectivity index (χ0n) is 9.60. The molecule has 0 fully saturated rings. The van der Waals surface area contributed by atoms with Crippen LogP contribution in [-0.4, -0.2) is 10.2 Å². The highest BCUT2D eigenvalue weighted by molar-refractivity contribution is 8.12. The summed E-state index contributed by atoms with van der Waals surface area (Å²) in [5.74, 6) is 0.667. The Morgan fingerprint density at radius 3 is 2.74 bits per heavy atom. The van der Waals surface area contributed by atoms with Crippen molar-refractivity contribution < 1.29 is 5.41 Å². The van der Waals surface area contributed by atoms with Crippen LogP contribution in [0.15, 0.2) is 23.6 Å². The van der Waals surface area contributed by atoms with Crippen molar-refractivity contribution in [3.63, 3.8) is 0 Å². The van der Waals surface area contributed by atoms with Crippen molar-refractivity contribution >= 4 is 63.9 Å². The first-order valence-electron chi connectivity index (χ1n) is 4.97. The highest BCUT2D eigenvalue weighted by Crippen LogP contribution is 2.30. The fourth-order valence-corrected chi connectivity index (χ4v) is 2.98. The third-order valence-electron chi connectivity index (χ3n) is 2.11. The fraction of sp³-hybridized carbons (Fsp3) is 0.0909. The molecule has 0 saturated carbocycles. The number of thiazole rings is 1. The number of hydrogen-bond donors (Lipinski definition) is 2. The molecule has 2 rings (SSSR count). The molecule has 1 aromatic carbocycles. The summed E-state index contributed by atoms with van der Waals surface area (Å²) in [7, 11) is 0. The highest BCUT2D eigenvalue weighted by atomic mass is 35.5. The van der Waals surface area contributed by atoms with Gasteiger partial charge in [0.1, 0.15) is 5.01 Å². The normalized spacial score (nSPS) is 10.0. The van der Waals surface area contributed by atoms with Gasteiger partial charge in [-0.15, -0.1) is 23.7 Å². The Kier molecular flexibility index (Phi) is 6.42. The number of nitrogens with zero attached hydrogens (tertiary/aromatic N) is 1. The van der Waals surface area contributed by atoms with Crippen LogP contribution in [-0.2, 0) is 5.75 Å². The third kappa shape index (κ3) is 4.54. The van der Waals surface area contributed by atoms with Crippen LogP contribution in [0.3, 0.4) is 0 Å². The lowest BCUT2D eigenvalue weighted by atomic mass is 10.2. The maximum Gasteiger partial charge on any atom is 0.300 e. The van der Waals surface area contributed by atoms with Crippen LogP contribution in [0.5, 0.6) is 0 Å². The maximum absolute atomic E-state index is 5.98. The summed E-state index contributed by atoms with van der Waals surface area (Å²) in [4.78, 5) is 4.49. The van der Waals surface area contributed by atoms with E-state index in [4.69, 9.17) is 34.3 Å². The van der Waals surface area contributed by atoms with Gasteiger partial charge in [0.2, 0.25) is 0 Å². The van der Waals surface area contributed by atoms with E-state index in [0.717, 1.165) is 16.3 Å². The average molecular weight is 356 g/mol. The van der Waals surface area contributed by atoms with E-state index in [1.165, 1.54) is 11.8 Å². The van der Waals surface area contributed by atoms with Crippen molar-refractivity contribution in [3.05, 3.63) is 39.3 Å². The van der Waals surface area contributed by atoms with Crippen molar-refractivity contribution in [1.82, 2.24) is 4.98 Å². The minimum absolute atomic E-state index is 0. The Morgan fingerprint density at radius 2 is 2.11 bits per heavy atom. The van der Waals surface area contributed by atoms with E-state index >= 15 is 0 Å². The van der Waals surface area contributed by atoms with E-state index in [2.05, 4.69) is 4.98 Å². The third-order valence-corrected chi connectivity index (χ3v) is 4.56. The minimum atomic E-state index is 0. The number of rotatable bonds is 3. The van der Waals surface area contributed by atoms with Gasteiger partial charge in [-0.3, -0.25) is 11.1 Å². The largest absolute Gasteiger partial charge is 0.300 e. The monoisotopic (exact) mass is 354 g/mol. The van der Waals surface area contributed by atoms with E-state index < -0.39 is 0 Å². The second kappa shape index (κ2) is 7.36. The predicted octanol–water partition coefficient (Wildman–Crippen LogP) is 2.85. The standard InChI is InChI=1S/C11H9Cl2N3S2.ClH/c12-8-2-1-6(3-9(8)13)10-16-7(4-17-10)5-18-11(14)15;/h1-4H,5H2,(H3,14,15);1H/p+1. The second-order valence-corrected chi connectivity index (χ2v) is 6.19. The molecule has 0 spiro atoms. The summed E-state index contributed by atoms with van der Waals surface area (Å²) in [6, 6.07) is 5.47. The number of amidine groups is 1. The molecule has 1 heterocycles. The van der Waals surface area contributed by atoms with Crippen LogP contribution in [0.25, 0.3) is 10.6 Å². The Morgan fingerprint density at radius 1 is 1.37 bits per heavy atom. The summed E-state index contributed by atoms with van der Waals surface area (Å²) in [6.45, 7) is 0. The molecule has 0 radical (unpaired) electrons. The van der Waals surface area contributed by atoms with Gasteiger partial charge in [-0.25, -0.2) is 4.98 Å². The summed E-state index contributed by atoms with van der Waals surface area (Å²) in [5.41, 5.74) is 7.29. The van der Waals surface area contributed by atoms with Gasteiger partial charge in [-0.05, 0) is 23.9 Å². The van der Waals surface area contributed by atoms with Crippen LogP contribution in [0.4, 0.5) is 0 Å². The molecule has 102 valence electrons. The smallest absolute Gasteiger partial charge is 0.282 e. The molecule has 4 N–H and O–H groups in total. The van der Waals surface area contributed by atoms with Crippen molar-refractivity contribution in [2.75, 3.05) is 0 Å². The molecule has 3 nitrogen and oxygen atoms in total. The zero-order valence-corrected chi connectivity index (χ0v) is 13.6. The van der Waals surface area contributed by atoms with Crippen LogP contribution in [0, 0.1) is 0 Å². The van der Waals surface area contributed by atoms with Gasteiger partial charge in [0.25, 0.3) is 5.17 Å². The summed E-state index contributed by atoms with van der Waals surface area (Å²) in [5, 5.41) is 9.69. The molecule has 19 heavy (non-hydrogen) atoms. The van der Waals surface area contributed by atoms with Gasteiger partial charge in [-0.1, -0.05) is 29.3 Å². The van der Waals surface area contributed by atoms with E-state index in [1.54, 1.807) is 17.4 Å². The first kappa shape index (κ1) is 16.6. The molecule has 0 aliphatic rings. The zero-order chi connectivity index (χ0) is 13.1. The van der Waals surface area contributed by atoms with Crippen molar-refractivity contribution in [2.45, 2.75) is 5.75 Å². The lowest BCUT2D eigenvalue weighted by Gasteiger charge is -1.99. The minimum Gasteiger partial charge on any atom is -0.282 e. The van der Waals surface area contributed by atoms with E-state index in [9.17, 15) is 0 Å². The molecule has 0 saturated heterocycles. The van der Waals surface area contributed by atoms with E-state index in [1.807, 2.05) is 17.5 Å². The lowest BCUT2D eigenvalue weighted by molar-refractivity contribution is -0.110. The molecule has 2 aromatic rings. The van der Waals surface area contributed by atoms with Crippen LogP contribution < -0.4 is 11.1 Å². The van der Waals surface area contributed by atoms with Gasteiger partial charge < -0.3 is 0 Å². The van der Waals surface area contributed by atoms with Gasteiger partial charge >= 0.3 is 0 Å². The second-order valence-electron chi connectivity index (χ2n) is 3.46. The van der Waals surface area contributed by atoms with E-state index in [-0.39, 0.29) is 12.4 Å². The lowest BCUT2D eigenvalue weighted by Crippen LogP contribution is -2.43. The van der Waals surface area contributed by atoms with Crippen LogP contribution in [0.1, 0.15) is 5.69 Å². The average Bonchev–Trinajstić information content (AvgIpc) is 2.79. The molecule has 0 bridgehead atoms. The topological polar surface area (TPSA) is 64.5 Å². The van der Waals surface area contributed by atoms with Crippen LogP contribution in [0.2, 0.25) is 10.0 Å². The fourth-order valence-electron chi connectivity index (χ4n) is 1.29. The molecular weight excluding hydrogens is 345 g/mol. The maximum atomic E-state index is 5.98. The first-order valence-corrected chi connectivity index (χ1v) is 7.59.